The maximum absolute atomic E-state index is 2.25. The fourth-order valence-corrected chi connectivity index (χ4v) is 1.23. The lowest BCUT2D eigenvalue weighted by Gasteiger charge is -2.13. The van der Waals surface area contributed by atoms with Crippen LogP contribution >= 0.6 is 0 Å². The zero-order valence-corrected chi connectivity index (χ0v) is 9.90. The topological polar surface area (TPSA) is 0 Å². The van der Waals surface area contributed by atoms with Crippen molar-refractivity contribution in [2.24, 2.45) is 5.41 Å². The molecule has 0 spiro atoms. The average molecular weight is 200 g/mol. The van der Waals surface area contributed by atoms with Crippen LogP contribution in [-0.4, -0.2) is 0 Å². The molecule has 0 aromatic heterocycles. The lowest BCUT2D eigenvalue weighted by atomic mass is 9.92. The van der Waals surface area contributed by atoms with E-state index in [9.17, 15) is 0 Å². The molecule has 0 heterocycles. The van der Waals surface area contributed by atoms with Crippen molar-refractivity contribution >= 4 is 6.08 Å². The van der Waals surface area contributed by atoms with E-state index in [-0.39, 0.29) is 0 Å². The molecule has 0 aliphatic carbocycles. The first-order valence-corrected chi connectivity index (χ1v) is 5.46. The number of hydrogen-bond acceptors (Lipinski definition) is 0. The van der Waals surface area contributed by atoms with Crippen LogP contribution in [0.3, 0.4) is 0 Å². The third kappa shape index (κ3) is 5.90. The van der Waals surface area contributed by atoms with Crippen LogP contribution in [0.1, 0.15) is 32.8 Å². The third-order valence-electron chi connectivity index (χ3n) is 2.07. The summed E-state index contributed by atoms with van der Waals surface area (Å²) in [6.45, 7) is 6.74. The highest BCUT2D eigenvalue weighted by Crippen LogP contribution is 2.18. The molecule has 1 aromatic carbocycles. The summed E-state index contributed by atoms with van der Waals surface area (Å²) >= 11 is 0. The maximum Gasteiger partial charge on any atom is -0.0257 e. The smallest absolute Gasteiger partial charge is 0.0257 e. The molecule has 0 nitrogen and oxygen atoms in total. The molecule has 0 bridgehead atoms. The van der Waals surface area contributed by atoms with Gasteiger partial charge in [-0.2, -0.15) is 0 Å². The molecule has 1 aromatic rings. The van der Waals surface area contributed by atoms with E-state index in [2.05, 4.69) is 69.3 Å². The zero-order valence-electron chi connectivity index (χ0n) is 9.90. The van der Waals surface area contributed by atoms with Crippen LogP contribution in [0.15, 0.2) is 48.6 Å². The Kier molecular flexibility index (Phi) is 4.36. The van der Waals surface area contributed by atoms with Gasteiger partial charge >= 0.3 is 0 Å². The molecular weight excluding hydrogens is 180 g/mol. The van der Waals surface area contributed by atoms with Gasteiger partial charge in [-0.05, 0) is 17.4 Å². The van der Waals surface area contributed by atoms with Gasteiger partial charge < -0.3 is 0 Å². The quantitative estimate of drug-likeness (QED) is 0.621. The maximum atomic E-state index is 2.25. The largest absolute Gasteiger partial charge is 0.0840 e. The molecule has 0 amide bonds. The lowest BCUT2D eigenvalue weighted by molar-refractivity contribution is 0.420. The molecule has 80 valence electrons. The van der Waals surface area contributed by atoms with Crippen molar-refractivity contribution in [3.63, 3.8) is 0 Å². The van der Waals surface area contributed by atoms with E-state index >= 15 is 0 Å². The van der Waals surface area contributed by atoms with Crippen LogP contribution in [0.5, 0.6) is 0 Å². The molecule has 0 saturated carbocycles. The third-order valence-corrected chi connectivity index (χ3v) is 2.07. The summed E-state index contributed by atoms with van der Waals surface area (Å²) in [5.74, 6) is 0. The normalized spacial score (nSPS) is 12.7. The van der Waals surface area contributed by atoms with Crippen LogP contribution in [0.25, 0.3) is 6.08 Å². The lowest BCUT2D eigenvalue weighted by Crippen LogP contribution is -2.01. The molecule has 15 heavy (non-hydrogen) atoms. The fourth-order valence-electron chi connectivity index (χ4n) is 1.23. The molecule has 0 aliphatic heterocycles. The molecule has 0 N–H and O–H groups in total. The highest BCUT2D eigenvalue weighted by atomic mass is 14.1. The van der Waals surface area contributed by atoms with E-state index in [1.54, 1.807) is 0 Å². The number of rotatable bonds is 3. The highest BCUT2D eigenvalue weighted by molar-refractivity contribution is 5.50. The van der Waals surface area contributed by atoms with Crippen molar-refractivity contribution in [2.75, 3.05) is 0 Å². The minimum absolute atomic E-state index is 0.386. The van der Waals surface area contributed by atoms with Crippen LogP contribution < -0.4 is 0 Å². The van der Waals surface area contributed by atoms with Crippen molar-refractivity contribution in [1.29, 1.82) is 0 Å². The average Bonchev–Trinajstić information content (AvgIpc) is 2.17. The van der Waals surface area contributed by atoms with Gasteiger partial charge in [0.05, 0.1) is 0 Å². The Morgan fingerprint density at radius 3 is 2.27 bits per heavy atom. The second-order valence-electron chi connectivity index (χ2n) is 4.96. The van der Waals surface area contributed by atoms with Crippen LogP contribution in [0.4, 0.5) is 0 Å². The van der Waals surface area contributed by atoms with Crippen molar-refractivity contribution in [3.8, 4) is 0 Å². The number of allylic oxidation sites excluding steroid dienone is 3. The molecule has 0 atom stereocenters. The number of benzene rings is 1. The molecule has 0 saturated heterocycles. The van der Waals surface area contributed by atoms with Crippen LogP contribution in [0.2, 0.25) is 0 Å². The van der Waals surface area contributed by atoms with Gasteiger partial charge in [-0.1, -0.05) is 75.4 Å². The molecule has 0 radical (unpaired) electrons. The summed E-state index contributed by atoms with van der Waals surface area (Å²) in [7, 11) is 0. The Hall–Kier alpha value is -1.30. The minimum atomic E-state index is 0.386. The van der Waals surface area contributed by atoms with Crippen molar-refractivity contribution in [3.05, 3.63) is 54.1 Å². The van der Waals surface area contributed by atoms with Gasteiger partial charge in [0, 0.05) is 0 Å². The second-order valence-corrected chi connectivity index (χ2v) is 4.96. The van der Waals surface area contributed by atoms with Gasteiger partial charge in [-0.25, -0.2) is 0 Å². The SMILES string of the molecule is CC(C)(C)C/C=C/C=C/c1ccccc1. The Bertz CT molecular complexity index is 323. The summed E-state index contributed by atoms with van der Waals surface area (Å²) in [5.41, 5.74) is 1.63. The van der Waals surface area contributed by atoms with Crippen molar-refractivity contribution in [1.82, 2.24) is 0 Å². The van der Waals surface area contributed by atoms with Gasteiger partial charge in [0.25, 0.3) is 0 Å². The first-order valence-electron chi connectivity index (χ1n) is 5.46. The molecule has 0 fully saturated rings. The molecule has 0 heteroatoms. The molecular formula is C15H20. The molecule has 0 unspecified atom stereocenters. The Labute approximate surface area is 93.3 Å². The van der Waals surface area contributed by atoms with Gasteiger partial charge in [-0.15, -0.1) is 0 Å². The van der Waals surface area contributed by atoms with Gasteiger partial charge in [0.2, 0.25) is 0 Å². The fraction of sp³-hybridized carbons (Fsp3) is 0.333. The summed E-state index contributed by atoms with van der Waals surface area (Å²) in [6, 6.07) is 10.4. The second kappa shape index (κ2) is 5.55. The van der Waals surface area contributed by atoms with Crippen molar-refractivity contribution < 1.29 is 0 Å². The van der Waals surface area contributed by atoms with Gasteiger partial charge in [0.1, 0.15) is 0 Å². The monoisotopic (exact) mass is 200 g/mol. The summed E-state index contributed by atoms with van der Waals surface area (Å²) in [5, 5.41) is 0. The van der Waals surface area contributed by atoms with Crippen molar-refractivity contribution in [2.45, 2.75) is 27.2 Å². The van der Waals surface area contributed by atoms with E-state index in [0.29, 0.717) is 5.41 Å². The minimum Gasteiger partial charge on any atom is -0.0840 e. The summed E-state index contributed by atoms with van der Waals surface area (Å²) in [6.07, 6.45) is 9.68. The van der Waals surface area contributed by atoms with Gasteiger partial charge in [-0.3, -0.25) is 0 Å². The summed E-state index contributed by atoms with van der Waals surface area (Å²) in [4.78, 5) is 0. The Morgan fingerprint density at radius 1 is 1.00 bits per heavy atom. The molecule has 0 aliphatic rings. The Balaban J connectivity index is 2.41. The predicted octanol–water partition coefficient (Wildman–Crippen LogP) is 4.69. The van der Waals surface area contributed by atoms with E-state index < -0.39 is 0 Å². The van der Waals surface area contributed by atoms with E-state index in [1.165, 1.54) is 5.56 Å². The Morgan fingerprint density at radius 2 is 1.67 bits per heavy atom. The zero-order chi connectivity index (χ0) is 11.1. The van der Waals surface area contributed by atoms with Crippen LogP contribution in [-0.2, 0) is 0 Å². The standard InChI is InChI=1S/C15H20/c1-15(2,3)13-9-5-8-12-14-10-6-4-7-11-14/h4-12H,13H2,1-3H3/b9-5+,12-8+. The predicted molar refractivity (Wildman–Crippen MR) is 68.7 cm³/mol. The van der Waals surface area contributed by atoms with E-state index in [0.717, 1.165) is 6.42 Å². The summed E-state index contributed by atoms with van der Waals surface area (Å²) < 4.78 is 0. The first kappa shape index (κ1) is 11.8. The first-order chi connectivity index (χ1) is 7.08. The van der Waals surface area contributed by atoms with E-state index in [4.69, 9.17) is 0 Å². The van der Waals surface area contributed by atoms with Gasteiger partial charge in [0.15, 0.2) is 0 Å². The van der Waals surface area contributed by atoms with E-state index in [1.807, 2.05) is 6.07 Å². The number of hydrogen-bond donors (Lipinski definition) is 0. The highest BCUT2D eigenvalue weighted by Gasteiger charge is 2.05. The van der Waals surface area contributed by atoms with Crippen LogP contribution in [0, 0.1) is 5.41 Å². The molecule has 1 rings (SSSR count).